The number of nitrogens with one attached hydrogen (secondary N) is 2. The summed E-state index contributed by atoms with van der Waals surface area (Å²) >= 11 is 5.43. The average molecular weight is 367 g/mol. The summed E-state index contributed by atoms with van der Waals surface area (Å²) in [6.45, 7) is 8.83. The maximum absolute atomic E-state index is 13.8. The number of benzene rings is 1. The first-order valence-corrected chi connectivity index (χ1v) is 9.13. The van der Waals surface area contributed by atoms with E-state index in [1.807, 2.05) is 21.6 Å². The van der Waals surface area contributed by atoms with Crippen molar-refractivity contribution < 1.29 is 18.9 Å². The van der Waals surface area contributed by atoms with Gasteiger partial charge in [-0.3, -0.25) is 0 Å². The quantitative estimate of drug-likeness (QED) is 0.678. The average Bonchev–Trinajstić information content (AvgIpc) is 2.97. The summed E-state index contributed by atoms with van der Waals surface area (Å²) in [5.41, 5.74) is 1.01. The Morgan fingerprint density at radius 3 is 2.56 bits per heavy atom. The first-order chi connectivity index (χ1) is 12.1. The van der Waals surface area contributed by atoms with Gasteiger partial charge in [-0.25, -0.2) is 4.39 Å². The van der Waals surface area contributed by atoms with Crippen LogP contribution in [0, 0.1) is 10.6 Å². The van der Waals surface area contributed by atoms with Crippen LogP contribution >= 0.6 is 12.2 Å². The summed E-state index contributed by atoms with van der Waals surface area (Å²) in [4.78, 5) is 2.97. The fourth-order valence-electron chi connectivity index (χ4n) is 3.31. The van der Waals surface area contributed by atoms with E-state index in [1.54, 1.807) is 12.1 Å². The van der Waals surface area contributed by atoms with Gasteiger partial charge in [-0.2, -0.15) is 9.78 Å². The highest BCUT2D eigenvalue weighted by molar-refractivity contribution is 7.71. The lowest BCUT2D eigenvalue weighted by Gasteiger charge is -2.29. The van der Waals surface area contributed by atoms with Crippen LogP contribution in [0.25, 0.3) is 0 Å². The van der Waals surface area contributed by atoms with Gasteiger partial charge in [0, 0.05) is 12.1 Å². The van der Waals surface area contributed by atoms with E-state index in [2.05, 4.69) is 12.0 Å². The molecule has 3 rings (SSSR count). The lowest BCUT2D eigenvalue weighted by atomic mass is 10.2. The monoisotopic (exact) mass is 367 g/mol. The number of nitrogens with zero attached hydrogens (tertiary/aromatic N) is 3. The van der Waals surface area contributed by atoms with Crippen molar-refractivity contribution in [2.45, 2.75) is 26.7 Å². The molecule has 2 aromatic rings. The molecule has 1 aromatic heterocycles. The summed E-state index contributed by atoms with van der Waals surface area (Å²) in [5.74, 6) is 0.0146. The van der Waals surface area contributed by atoms with Crippen LogP contribution in [0.4, 0.5) is 4.39 Å². The number of piperazine rings is 1. The Labute approximate surface area is 152 Å². The lowest BCUT2D eigenvalue weighted by molar-refractivity contribution is -1.03. The fraction of sp³-hybridized carbons (Fsp3) is 0.529. The maximum atomic E-state index is 13.8. The van der Waals surface area contributed by atoms with Crippen LogP contribution in [0.1, 0.15) is 12.5 Å². The normalized spacial score (nSPS) is 20.6. The van der Waals surface area contributed by atoms with Crippen LogP contribution in [0.2, 0.25) is 0 Å². The van der Waals surface area contributed by atoms with E-state index in [1.165, 1.54) is 16.9 Å². The summed E-state index contributed by atoms with van der Waals surface area (Å²) in [6.07, 6.45) is 1.81. The molecule has 1 aromatic carbocycles. The summed E-state index contributed by atoms with van der Waals surface area (Å²) < 4.78 is 23.5. The molecule has 136 valence electrons. The minimum Gasteiger partial charge on any atom is -0.494 e. The van der Waals surface area contributed by atoms with Gasteiger partial charge in [0.2, 0.25) is 4.77 Å². The largest absolute Gasteiger partial charge is 0.494 e. The van der Waals surface area contributed by atoms with Crippen LogP contribution in [0.3, 0.4) is 0 Å². The molecule has 2 N–H and O–H groups in total. The van der Waals surface area contributed by atoms with Crippen molar-refractivity contribution in [3.63, 3.8) is 0 Å². The second kappa shape index (κ2) is 8.07. The second-order valence-electron chi connectivity index (χ2n) is 6.50. The zero-order valence-electron chi connectivity index (χ0n) is 14.8. The molecule has 0 saturated carbocycles. The van der Waals surface area contributed by atoms with Crippen molar-refractivity contribution in [3.05, 3.63) is 40.7 Å². The molecule has 2 heterocycles. The molecule has 0 spiro atoms. The van der Waals surface area contributed by atoms with E-state index in [0.29, 0.717) is 5.75 Å². The lowest BCUT2D eigenvalue weighted by Crippen LogP contribution is -3.27. The predicted molar refractivity (Wildman–Crippen MR) is 94.8 cm³/mol. The second-order valence-corrected chi connectivity index (χ2v) is 6.87. The standard InChI is InChI=1S/C17H24FN5OS/c1-3-22-12-19-23(17(22)25)13-21-8-6-20(7-9-21)11-14-4-5-16(24-2)15(18)10-14/h4-5,10,12H,3,6-9,11,13H2,1-2H3/p+2. The minimum atomic E-state index is -0.287. The van der Waals surface area contributed by atoms with E-state index in [0.717, 1.165) is 56.3 Å². The van der Waals surface area contributed by atoms with E-state index < -0.39 is 0 Å². The summed E-state index contributed by atoms with van der Waals surface area (Å²) in [6, 6.07) is 5.24. The molecular weight excluding hydrogens is 341 g/mol. The highest BCUT2D eigenvalue weighted by Gasteiger charge is 2.24. The van der Waals surface area contributed by atoms with Crippen molar-refractivity contribution >= 4 is 12.2 Å². The number of rotatable bonds is 6. The van der Waals surface area contributed by atoms with E-state index in [4.69, 9.17) is 17.0 Å². The van der Waals surface area contributed by atoms with Gasteiger partial charge in [0.1, 0.15) is 39.1 Å². The maximum Gasteiger partial charge on any atom is 0.202 e. The van der Waals surface area contributed by atoms with Crippen LogP contribution in [0.15, 0.2) is 24.5 Å². The van der Waals surface area contributed by atoms with Crippen molar-refractivity contribution in [2.24, 2.45) is 0 Å². The molecule has 1 saturated heterocycles. The number of aromatic nitrogens is 3. The van der Waals surface area contributed by atoms with Crippen molar-refractivity contribution in [2.75, 3.05) is 33.3 Å². The van der Waals surface area contributed by atoms with E-state index in [-0.39, 0.29) is 5.82 Å². The Kier molecular flexibility index (Phi) is 5.82. The third-order valence-electron chi connectivity index (χ3n) is 4.85. The molecule has 6 nitrogen and oxygen atoms in total. The Morgan fingerprint density at radius 1 is 1.24 bits per heavy atom. The van der Waals surface area contributed by atoms with E-state index >= 15 is 0 Å². The Balaban J connectivity index is 1.52. The fourth-order valence-corrected chi connectivity index (χ4v) is 3.60. The number of halogens is 1. The molecule has 1 fully saturated rings. The number of quaternary nitrogens is 2. The molecule has 25 heavy (non-hydrogen) atoms. The van der Waals surface area contributed by atoms with Crippen LogP contribution in [-0.2, 0) is 19.8 Å². The van der Waals surface area contributed by atoms with Crippen LogP contribution < -0.4 is 14.5 Å². The summed E-state index contributed by atoms with van der Waals surface area (Å²) in [7, 11) is 1.49. The first kappa shape index (κ1) is 18.0. The number of hydrogen-bond donors (Lipinski definition) is 2. The van der Waals surface area contributed by atoms with Gasteiger partial charge in [-0.15, -0.1) is 0 Å². The molecule has 8 heteroatoms. The zero-order valence-corrected chi connectivity index (χ0v) is 15.6. The van der Waals surface area contributed by atoms with Gasteiger partial charge in [0.05, 0.1) is 7.11 Å². The minimum absolute atomic E-state index is 0.287. The Hall–Kier alpha value is -1.77. The number of methoxy groups -OCH3 is 1. The number of aryl methyl sites for hydroxylation is 1. The molecule has 0 atom stereocenters. The SMILES string of the molecule is CCn1cnn(C[NH+]2CC[NH+](Cc3ccc(OC)c(F)c3)CC2)c1=S. The van der Waals surface area contributed by atoms with Gasteiger partial charge in [0.25, 0.3) is 0 Å². The smallest absolute Gasteiger partial charge is 0.202 e. The topological polar surface area (TPSA) is 40.9 Å². The third kappa shape index (κ3) is 4.26. The Morgan fingerprint density at radius 2 is 1.96 bits per heavy atom. The van der Waals surface area contributed by atoms with E-state index in [9.17, 15) is 4.39 Å². The molecule has 0 bridgehead atoms. The summed E-state index contributed by atoms with van der Waals surface area (Å²) in [5, 5.41) is 4.39. The molecule has 0 unspecified atom stereocenters. The van der Waals surface area contributed by atoms with Crippen LogP contribution in [0.5, 0.6) is 5.75 Å². The van der Waals surface area contributed by atoms with Crippen molar-refractivity contribution in [1.29, 1.82) is 0 Å². The molecule has 0 radical (unpaired) electrons. The third-order valence-corrected chi connectivity index (χ3v) is 5.29. The zero-order chi connectivity index (χ0) is 17.8. The highest BCUT2D eigenvalue weighted by Crippen LogP contribution is 2.17. The van der Waals surface area contributed by atoms with Gasteiger partial charge < -0.3 is 19.1 Å². The molecule has 0 amide bonds. The van der Waals surface area contributed by atoms with Gasteiger partial charge >= 0.3 is 0 Å². The molecule has 1 aliphatic rings. The number of ether oxygens (including phenoxy) is 1. The Bertz CT molecular complexity index is 767. The van der Waals surface area contributed by atoms with Gasteiger partial charge in [-0.05, 0) is 37.3 Å². The van der Waals surface area contributed by atoms with Crippen molar-refractivity contribution in [1.82, 2.24) is 14.3 Å². The van der Waals surface area contributed by atoms with Gasteiger partial charge in [-0.1, -0.05) is 0 Å². The predicted octanol–water partition coefficient (Wildman–Crippen LogP) is -0.477. The van der Waals surface area contributed by atoms with Crippen LogP contribution in [-0.4, -0.2) is 47.6 Å². The number of hydrogen-bond acceptors (Lipinski definition) is 3. The van der Waals surface area contributed by atoms with Crippen molar-refractivity contribution in [3.8, 4) is 5.75 Å². The van der Waals surface area contributed by atoms with Gasteiger partial charge in [0.15, 0.2) is 18.2 Å². The highest BCUT2D eigenvalue weighted by atomic mass is 32.1. The first-order valence-electron chi connectivity index (χ1n) is 8.72. The molecule has 1 aliphatic heterocycles. The molecule has 0 aliphatic carbocycles. The molecular formula is C17H26FN5OS+2.